The molecule has 3 rings (SSSR count). The van der Waals surface area contributed by atoms with Crippen LogP contribution in [-0.2, 0) is 14.3 Å². The van der Waals surface area contributed by atoms with Gasteiger partial charge in [-0.1, -0.05) is 0 Å². The Labute approximate surface area is 140 Å². The molecule has 0 aliphatic carbocycles. The molecule has 0 saturated carbocycles. The summed E-state index contributed by atoms with van der Waals surface area (Å²) < 4.78 is 18.0. The first-order valence-electron chi connectivity index (χ1n) is 8.28. The molecule has 2 aliphatic heterocycles. The number of rotatable bonds is 5. The summed E-state index contributed by atoms with van der Waals surface area (Å²) in [6, 6.07) is 6.20. The van der Waals surface area contributed by atoms with E-state index in [-0.39, 0.29) is 30.1 Å². The van der Waals surface area contributed by atoms with Crippen molar-refractivity contribution in [3.63, 3.8) is 0 Å². The Balaban J connectivity index is 1.57. The molecule has 2 fully saturated rings. The predicted molar refractivity (Wildman–Crippen MR) is 86.3 cm³/mol. The zero-order valence-electron chi connectivity index (χ0n) is 13.8. The average molecular weight is 336 g/mol. The molecule has 1 N–H and O–H groups in total. The van der Waals surface area contributed by atoms with E-state index >= 15 is 0 Å². The van der Waals surface area contributed by atoms with Crippen molar-refractivity contribution < 1.29 is 23.6 Å². The smallest absolute Gasteiger partial charge is 0.288 e. The summed E-state index contributed by atoms with van der Waals surface area (Å²) in [4.78, 5) is 29.2. The Morgan fingerprint density at radius 3 is 2.50 bits per heavy atom. The molecule has 2 saturated heterocycles. The van der Waals surface area contributed by atoms with E-state index in [1.165, 1.54) is 17.0 Å². The molecule has 2 aliphatic rings. The highest BCUT2D eigenvalue weighted by atomic mass is 19.1. The highest BCUT2D eigenvalue weighted by molar-refractivity contribution is 6.04. The van der Waals surface area contributed by atoms with Crippen LogP contribution in [0.1, 0.15) is 6.42 Å². The molecule has 0 aromatic heterocycles. The van der Waals surface area contributed by atoms with Crippen molar-refractivity contribution in [1.82, 2.24) is 4.90 Å². The number of carbonyl (C=O) groups excluding carboxylic acids is 2. The van der Waals surface area contributed by atoms with Gasteiger partial charge in [-0.05, 0) is 24.3 Å². The monoisotopic (exact) mass is 336 g/mol. The molecular formula is C17H23FN3O3+. The van der Waals surface area contributed by atoms with Crippen molar-refractivity contribution in [2.24, 2.45) is 0 Å². The van der Waals surface area contributed by atoms with Crippen LogP contribution in [-0.4, -0.2) is 69.2 Å². The van der Waals surface area contributed by atoms with Gasteiger partial charge in [0, 0.05) is 12.8 Å². The first kappa shape index (κ1) is 16.9. The fourth-order valence-electron chi connectivity index (χ4n) is 3.47. The van der Waals surface area contributed by atoms with Crippen molar-refractivity contribution in [3.05, 3.63) is 30.1 Å². The van der Waals surface area contributed by atoms with Crippen LogP contribution in [0.15, 0.2) is 24.3 Å². The number of nitrogens with one attached hydrogen (secondary N) is 1. The van der Waals surface area contributed by atoms with Crippen LogP contribution < -0.4 is 9.80 Å². The lowest BCUT2D eigenvalue weighted by Crippen LogP contribution is -3.19. The van der Waals surface area contributed by atoms with Gasteiger partial charge in [-0.25, -0.2) is 4.39 Å². The van der Waals surface area contributed by atoms with Crippen molar-refractivity contribution in [2.45, 2.75) is 12.5 Å². The molecule has 0 bridgehead atoms. The molecule has 2 heterocycles. The number of methoxy groups -OCH3 is 1. The van der Waals surface area contributed by atoms with Gasteiger partial charge in [-0.2, -0.15) is 0 Å². The van der Waals surface area contributed by atoms with Crippen LogP contribution in [0.3, 0.4) is 0 Å². The molecule has 0 unspecified atom stereocenters. The summed E-state index contributed by atoms with van der Waals surface area (Å²) in [5, 5.41) is 0. The zero-order valence-corrected chi connectivity index (χ0v) is 13.8. The highest BCUT2D eigenvalue weighted by Crippen LogP contribution is 2.15. The van der Waals surface area contributed by atoms with Gasteiger partial charge in [-0.15, -0.1) is 0 Å². The lowest BCUT2D eigenvalue weighted by atomic mass is 10.1. The maximum Gasteiger partial charge on any atom is 0.288 e. The van der Waals surface area contributed by atoms with Gasteiger partial charge in [0.15, 0.2) is 6.04 Å². The van der Waals surface area contributed by atoms with Crippen molar-refractivity contribution in [3.8, 4) is 0 Å². The van der Waals surface area contributed by atoms with Crippen molar-refractivity contribution in [1.29, 1.82) is 0 Å². The standard InChI is InChI=1S/C17H22FN3O3/c1-24-11-10-21-16(22)12-15(17(21)23)20-8-6-19(7-9-20)14-4-2-13(18)3-5-14/h2-5,15H,6-12H2,1H3/p+1/t15-/m1/s1. The SMILES string of the molecule is COCCN1C(=O)C[C@@H]([NH+]2CCN(c3ccc(F)cc3)CC2)C1=O. The lowest BCUT2D eigenvalue weighted by Gasteiger charge is -2.35. The molecule has 0 radical (unpaired) electrons. The summed E-state index contributed by atoms with van der Waals surface area (Å²) in [5.41, 5.74) is 0.992. The van der Waals surface area contributed by atoms with Gasteiger partial charge in [0.1, 0.15) is 5.82 Å². The number of amides is 2. The van der Waals surface area contributed by atoms with Gasteiger partial charge in [0.25, 0.3) is 5.91 Å². The van der Waals surface area contributed by atoms with E-state index in [0.717, 1.165) is 36.8 Å². The third-order valence-electron chi connectivity index (χ3n) is 4.85. The Morgan fingerprint density at radius 2 is 1.88 bits per heavy atom. The number of hydrogen-bond donors (Lipinski definition) is 1. The molecule has 24 heavy (non-hydrogen) atoms. The fraction of sp³-hybridized carbons (Fsp3) is 0.529. The fourth-order valence-corrected chi connectivity index (χ4v) is 3.47. The maximum atomic E-state index is 13.0. The largest absolute Gasteiger partial charge is 0.383 e. The Kier molecular flexibility index (Phi) is 5.11. The number of nitrogens with zero attached hydrogens (tertiary/aromatic N) is 2. The predicted octanol–water partition coefficient (Wildman–Crippen LogP) is -0.695. The topological polar surface area (TPSA) is 54.3 Å². The molecule has 7 heteroatoms. The molecule has 2 amide bonds. The number of carbonyl (C=O) groups is 2. The van der Waals surface area contributed by atoms with Crippen LogP contribution in [0.2, 0.25) is 0 Å². The Hall–Kier alpha value is -1.99. The van der Waals surface area contributed by atoms with Crippen molar-refractivity contribution >= 4 is 17.5 Å². The van der Waals surface area contributed by atoms with Crippen LogP contribution in [0.5, 0.6) is 0 Å². The highest BCUT2D eigenvalue weighted by Gasteiger charge is 2.45. The van der Waals surface area contributed by atoms with Gasteiger partial charge in [0.05, 0.1) is 45.8 Å². The first-order chi connectivity index (χ1) is 11.6. The third kappa shape index (κ3) is 3.42. The number of ether oxygens (including phenoxy) is 1. The minimum atomic E-state index is -0.273. The lowest BCUT2D eigenvalue weighted by molar-refractivity contribution is -0.915. The Morgan fingerprint density at radius 1 is 1.21 bits per heavy atom. The quantitative estimate of drug-likeness (QED) is 0.723. The zero-order chi connectivity index (χ0) is 17.1. The van der Waals surface area contributed by atoms with E-state index in [9.17, 15) is 14.0 Å². The van der Waals surface area contributed by atoms with E-state index in [0.29, 0.717) is 13.2 Å². The summed E-state index contributed by atoms with van der Waals surface area (Å²) in [6.45, 7) is 3.86. The Bertz CT molecular complexity index is 600. The number of anilines is 1. The number of benzene rings is 1. The van der Waals surface area contributed by atoms with Crippen LogP contribution >= 0.6 is 0 Å². The van der Waals surface area contributed by atoms with E-state index in [1.54, 1.807) is 19.2 Å². The molecule has 130 valence electrons. The maximum absolute atomic E-state index is 13.0. The number of likely N-dealkylation sites (tertiary alicyclic amines) is 1. The summed E-state index contributed by atoms with van der Waals surface area (Å²) in [5.74, 6) is -0.424. The van der Waals surface area contributed by atoms with Gasteiger partial charge < -0.3 is 14.5 Å². The second-order valence-electron chi connectivity index (χ2n) is 6.25. The summed E-state index contributed by atoms with van der Waals surface area (Å²) in [6.07, 6.45) is 0.286. The number of hydrogen-bond acceptors (Lipinski definition) is 4. The van der Waals surface area contributed by atoms with Gasteiger partial charge >= 0.3 is 0 Å². The van der Waals surface area contributed by atoms with E-state index in [1.807, 2.05) is 0 Å². The number of halogens is 1. The number of imide groups is 1. The minimum absolute atomic E-state index is 0.0812. The third-order valence-corrected chi connectivity index (χ3v) is 4.85. The average Bonchev–Trinajstić information content (AvgIpc) is 2.88. The second kappa shape index (κ2) is 7.27. The molecule has 6 nitrogen and oxygen atoms in total. The minimum Gasteiger partial charge on any atom is -0.383 e. The molecule has 1 aromatic rings. The number of quaternary nitrogens is 1. The first-order valence-corrected chi connectivity index (χ1v) is 8.28. The van der Waals surface area contributed by atoms with Crippen LogP contribution in [0.25, 0.3) is 0 Å². The van der Waals surface area contributed by atoms with Crippen LogP contribution in [0, 0.1) is 5.82 Å². The molecular weight excluding hydrogens is 313 g/mol. The normalized spacial score (nSPS) is 22.5. The van der Waals surface area contributed by atoms with E-state index in [4.69, 9.17) is 4.74 Å². The number of piperazine rings is 1. The van der Waals surface area contributed by atoms with E-state index in [2.05, 4.69) is 4.90 Å². The summed E-state index contributed by atoms with van der Waals surface area (Å²) in [7, 11) is 1.56. The summed E-state index contributed by atoms with van der Waals surface area (Å²) >= 11 is 0. The van der Waals surface area contributed by atoms with Gasteiger partial charge in [-0.3, -0.25) is 14.5 Å². The van der Waals surface area contributed by atoms with E-state index < -0.39 is 0 Å². The van der Waals surface area contributed by atoms with Crippen molar-refractivity contribution in [2.75, 3.05) is 51.3 Å². The molecule has 1 atom stereocenters. The van der Waals surface area contributed by atoms with Crippen LogP contribution in [0.4, 0.5) is 10.1 Å². The van der Waals surface area contributed by atoms with Gasteiger partial charge in [0.2, 0.25) is 5.91 Å². The molecule has 0 spiro atoms. The second-order valence-corrected chi connectivity index (χ2v) is 6.25. The molecule has 1 aromatic carbocycles.